The number of amides is 2. The van der Waals surface area contributed by atoms with Gasteiger partial charge in [0.05, 0.1) is 16.5 Å². The van der Waals surface area contributed by atoms with Gasteiger partial charge in [0.25, 0.3) is 11.8 Å². The van der Waals surface area contributed by atoms with Crippen molar-refractivity contribution >= 4 is 28.5 Å². The van der Waals surface area contributed by atoms with Gasteiger partial charge in [0.15, 0.2) is 11.5 Å². The zero-order valence-corrected chi connectivity index (χ0v) is 21.2. The monoisotopic (exact) mass is 493 g/mol. The molecule has 6 rings (SSSR count). The Kier molecular flexibility index (Phi) is 5.36. The van der Waals surface area contributed by atoms with Gasteiger partial charge in [-0.2, -0.15) is 0 Å². The summed E-state index contributed by atoms with van der Waals surface area (Å²) in [4.78, 5) is 41.8. The van der Waals surface area contributed by atoms with Crippen molar-refractivity contribution in [2.24, 2.45) is 5.92 Å². The first-order valence-electron chi connectivity index (χ1n) is 12.4. The number of aryl methyl sites for hydroxylation is 1. The second-order valence-electron chi connectivity index (χ2n) is 10.0. The van der Waals surface area contributed by atoms with Gasteiger partial charge in [0, 0.05) is 24.6 Å². The van der Waals surface area contributed by atoms with Crippen LogP contribution in [0.1, 0.15) is 69.7 Å². The lowest BCUT2D eigenvalue weighted by Crippen LogP contribution is -2.35. The molecule has 0 saturated heterocycles. The lowest BCUT2D eigenvalue weighted by Gasteiger charge is -2.25. The Bertz CT molecular complexity index is 1650. The molecule has 0 saturated carbocycles. The zero-order valence-electron chi connectivity index (χ0n) is 21.2. The molecule has 5 aromatic rings. The highest BCUT2D eigenvalue weighted by Gasteiger charge is 2.42. The van der Waals surface area contributed by atoms with Gasteiger partial charge in [0.2, 0.25) is 0 Å². The molecular weight excluding hydrogens is 466 g/mol. The lowest BCUT2D eigenvalue weighted by molar-refractivity contribution is 0.0555. The number of hydrogen-bond acceptors (Lipinski definition) is 6. The molecule has 1 aliphatic heterocycles. The van der Waals surface area contributed by atoms with E-state index in [0.717, 1.165) is 27.9 Å². The van der Waals surface area contributed by atoms with Crippen LogP contribution in [0.2, 0.25) is 0 Å². The largest absolute Gasteiger partial charge is 0.325 e. The van der Waals surface area contributed by atoms with E-state index in [1.54, 1.807) is 47.5 Å². The van der Waals surface area contributed by atoms with Crippen LogP contribution in [0.15, 0.2) is 55.1 Å². The first-order valence-corrected chi connectivity index (χ1v) is 12.4. The van der Waals surface area contributed by atoms with Crippen LogP contribution >= 0.6 is 0 Å². The second kappa shape index (κ2) is 8.62. The van der Waals surface area contributed by atoms with E-state index in [-0.39, 0.29) is 17.7 Å². The average molecular weight is 494 g/mol. The summed E-state index contributed by atoms with van der Waals surface area (Å²) in [7, 11) is 0. The van der Waals surface area contributed by atoms with Gasteiger partial charge in [-0.25, -0.2) is 14.5 Å². The first-order chi connectivity index (χ1) is 17.8. The third kappa shape index (κ3) is 3.61. The predicted octanol–water partition coefficient (Wildman–Crippen LogP) is 4.52. The summed E-state index contributed by atoms with van der Waals surface area (Å²) in [5, 5.41) is 5.65. The lowest BCUT2D eigenvalue weighted by atomic mass is 10.0. The number of rotatable bonds is 6. The quantitative estimate of drug-likeness (QED) is 0.323. The summed E-state index contributed by atoms with van der Waals surface area (Å²) in [6.07, 6.45) is 5.78. The first kappa shape index (κ1) is 23.0. The van der Waals surface area contributed by atoms with Crippen molar-refractivity contribution < 1.29 is 9.59 Å². The maximum absolute atomic E-state index is 13.3. The molecule has 186 valence electrons. The highest BCUT2D eigenvalue weighted by Crippen LogP contribution is 2.35. The molecule has 1 aliphatic rings. The maximum atomic E-state index is 13.3. The van der Waals surface area contributed by atoms with E-state index in [2.05, 4.69) is 37.2 Å². The molecule has 1 aromatic carbocycles. The Labute approximate surface area is 213 Å². The van der Waals surface area contributed by atoms with Gasteiger partial charge in [-0.3, -0.25) is 19.5 Å². The van der Waals surface area contributed by atoms with Crippen LogP contribution in [0.25, 0.3) is 16.7 Å². The topological polar surface area (TPSA) is 98.3 Å². The van der Waals surface area contributed by atoms with E-state index in [4.69, 9.17) is 15.1 Å². The van der Waals surface area contributed by atoms with Gasteiger partial charge in [-0.1, -0.05) is 26.0 Å². The average Bonchev–Trinajstić information content (AvgIpc) is 3.51. The van der Waals surface area contributed by atoms with E-state index < -0.39 is 6.04 Å². The van der Waals surface area contributed by atoms with Crippen molar-refractivity contribution in [2.45, 2.75) is 46.7 Å². The molecular formula is C28H27N7O2. The fraction of sp³-hybridized carbons (Fsp3) is 0.286. The molecule has 0 N–H and O–H groups in total. The number of hydrogen-bond donors (Lipinski definition) is 0. The van der Waals surface area contributed by atoms with Gasteiger partial charge < -0.3 is 4.57 Å². The van der Waals surface area contributed by atoms with Crippen molar-refractivity contribution in [3.05, 3.63) is 88.9 Å². The van der Waals surface area contributed by atoms with Crippen LogP contribution in [0.3, 0.4) is 0 Å². The standard InChI is InChI=1S/C28H27N7O2/c1-16(2)13-22(35-27(36)20-7-5-6-8-21(20)28(35)37)24-31-26-23-17(3)18(4)33(14-19-9-11-29-12-10-19)25(23)30-15-34(26)32-24/h5-12,15-16,22H,13-14H2,1-4H3/t22-/m1/s1. The molecule has 0 aliphatic carbocycles. The van der Waals surface area contributed by atoms with Crippen LogP contribution in [-0.2, 0) is 6.54 Å². The van der Waals surface area contributed by atoms with Crippen molar-refractivity contribution in [1.82, 2.24) is 34.0 Å². The summed E-state index contributed by atoms with van der Waals surface area (Å²) < 4.78 is 3.83. The zero-order chi connectivity index (χ0) is 25.8. The minimum atomic E-state index is -0.581. The van der Waals surface area contributed by atoms with Gasteiger partial charge in [-0.05, 0) is 61.6 Å². The molecule has 1 atom stereocenters. The van der Waals surface area contributed by atoms with Crippen LogP contribution in [0.4, 0.5) is 0 Å². The molecule has 4 aromatic heterocycles. The smallest absolute Gasteiger partial charge is 0.262 e. The second-order valence-corrected chi connectivity index (χ2v) is 10.0. The van der Waals surface area contributed by atoms with Crippen LogP contribution in [0, 0.1) is 19.8 Å². The van der Waals surface area contributed by atoms with Crippen LogP contribution < -0.4 is 0 Å². The third-order valence-electron chi connectivity index (χ3n) is 7.18. The van der Waals surface area contributed by atoms with E-state index >= 15 is 0 Å². The number of carbonyl (C=O) groups excluding carboxylic acids is 2. The molecule has 9 nitrogen and oxygen atoms in total. The number of aromatic nitrogens is 6. The number of benzene rings is 1. The van der Waals surface area contributed by atoms with Crippen LogP contribution in [-0.4, -0.2) is 45.8 Å². The fourth-order valence-electron chi connectivity index (χ4n) is 5.22. The molecule has 0 spiro atoms. The summed E-state index contributed by atoms with van der Waals surface area (Å²) in [5.41, 5.74) is 5.63. The van der Waals surface area contributed by atoms with Crippen molar-refractivity contribution in [3.63, 3.8) is 0 Å². The van der Waals surface area contributed by atoms with E-state index in [1.165, 1.54) is 4.90 Å². The molecule has 0 unspecified atom stereocenters. The van der Waals surface area contributed by atoms with E-state index in [9.17, 15) is 9.59 Å². The summed E-state index contributed by atoms with van der Waals surface area (Å²) >= 11 is 0. The Morgan fingerprint density at radius 3 is 2.24 bits per heavy atom. The van der Waals surface area contributed by atoms with Crippen LogP contribution in [0.5, 0.6) is 0 Å². The number of imide groups is 1. The predicted molar refractivity (Wildman–Crippen MR) is 138 cm³/mol. The Balaban J connectivity index is 1.48. The Morgan fingerprint density at radius 2 is 1.59 bits per heavy atom. The minimum absolute atomic E-state index is 0.212. The summed E-state index contributed by atoms with van der Waals surface area (Å²) in [6, 6.07) is 10.4. The molecule has 2 amide bonds. The molecule has 37 heavy (non-hydrogen) atoms. The highest BCUT2D eigenvalue weighted by molar-refractivity contribution is 6.21. The maximum Gasteiger partial charge on any atom is 0.262 e. The molecule has 0 fully saturated rings. The summed E-state index contributed by atoms with van der Waals surface area (Å²) in [5.74, 6) is 0.0498. The highest BCUT2D eigenvalue weighted by atomic mass is 16.2. The van der Waals surface area contributed by atoms with Gasteiger partial charge >= 0.3 is 0 Å². The number of pyridine rings is 1. The molecule has 0 bridgehead atoms. The Hall–Kier alpha value is -4.40. The Morgan fingerprint density at radius 1 is 0.919 bits per heavy atom. The van der Waals surface area contributed by atoms with E-state index in [1.807, 2.05) is 12.1 Å². The normalized spacial score (nSPS) is 14.4. The molecule has 0 radical (unpaired) electrons. The molecule has 9 heteroatoms. The SMILES string of the molecule is Cc1c(C)n(Cc2ccncc2)c2ncn3nc([C@@H](CC(C)C)N4C(=O)c5ccccc5C4=O)nc3c12. The fourth-order valence-corrected chi connectivity index (χ4v) is 5.22. The number of fused-ring (bicyclic) bond motifs is 4. The summed E-state index contributed by atoms with van der Waals surface area (Å²) in [6.45, 7) is 8.92. The van der Waals surface area contributed by atoms with Crippen molar-refractivity contribution in [3.8, 4) is 0 Å². The van der Waals surface area contributed by atoms with Gasteiger partial charge in [-0.15, -0.1) is 5.10 Å². The van der Waals surface area contributed by atoms with E-state index in [0.29, 0.717) is 35.6 Å². The van der Waals surface area contributed by atoms with Gasteiger partial charge in [0.1, 0.15) is 18.0 Å². The third-order valence-corrected chi connectivity index (χ3v) is 7.18. The molecule has 5 heterocycles. The van der Waals surface area contributed by atoms with Crippen molar-refractivity contribution in [2.75, 3.05) is 0 Å². The number of carbonyl (C=O) groups is 2. The minimum Gasteiger partial charge on any atom is -0.325 e. The van der Waals surface area contributed by atoms with Crippen molar-refractivity contribution in [1.29, 1.82) is 0 Å². The number of nitrogens with zero attached hydrogens (tertiary/aromatic N) is 7.